The Balaban J connectivity index is 2.02. The molecule has 2 aromatic rings. The molecule has 0 aliphatic rings. The number of aromatic nitrogens is 4. The lowest BCUT2D eigenvalue weighted by molar-refractivity contribution is 0.0938. The molecule has 1 atom stereocenters. The van der Waals surface area contributed by atoms with E-state index in [2.05, 4.69) is 37.8 Å². The smallest absolute Gasteiger partial charge is 0.252 e. The fourth-order valence-electron chi connectivity index (χ4n) is 1.36. The first-order valence-corrected chi connectivity index (χ1v) is 6.40. The SMILES string of the molecule is CC(NC(=O)c1csc(C#CCN)c1)c1nn[nH]n1. The van der Waals surface area contributed by atoms with E-state index in [1.165, 1.54) is 11.3 Å². The van der Waals surface area contributed by atoms with Crippen molar-refractivity contribution in [3.8, 4) is 11.8 Å². The quantitative estimate of drug-likeness (QED) is 0.687. The van der Waals surface area contributed by atoms with E-state index in [0.717, 1.165) is 4.88 Å². The number of nitrogens with two attached hydrogens (primary N) is 1. The molecule has 2 heterocycles. The second-order valence-corrected chi connectivity index (χ2v) is 4.58. The largest absolute Gasteiger partial charge is 0.342 e. The van der Waals surface area contributed by atoms with Crippen molar-refractivity contribution in [3.05, 3.63) is 27.7 Å². The normalized spacial score (nSPS) is 11.5. The zero-order chi connectivity index (χ0) is 13.7. The molecule has 0 aliphatic heterocycles. The first-order valence-electron chi connectivity index (χ1n) is 5.52. The van der Waals surface area contributed by atoms with Gasteiger partial charge in [0.2, 0.25) is 0 Å². The van der Waals surface area contributed by atoms with Crippen molar-refractivity contribution < 1.29 is 4.79 Å². The molecule has 0 bridgehead atoms. The molecule has 2 aromatic heterocycles. The molecule has 1 unspecified atom stereocenters. The molecule has 0 aromatic carbocycles. The minimum absolute atomic E-state index is 0.200. The molecule has 0 radical (unpaired) electrons. The topological polar surface area (TPSA) is 110 Å². The molecular weight excluding hydrogens is 264 g/mol. The van der Waals surface area contributed by atoms with Gasteiger partial charge in [0, 0.05) is 5.38 Å². The number of H-pyrrole nitrogens is 1. The Hall–Kier alpha value is -2.24. The average Bonchev–Trinajstić information content (AvgIpc) is 3.07. The van der Waals surface area contributed by atoms with Crippen molar-refractivity contribution in [1.29, 1.82) is 0 Å². The van der Waals surface area contributed by atoms with Crippen LogP contribution < -0.4 is 11.1 Å². The van der Waals surface area contributed by atoms with Crippen LogP contribution in [0, 0.1) is 11.8 Å². The zero-order valence-corrected chi connectivity index (χ0v) is 11.0. The van der Waals surface area contributed by atoms with Crippen molar-refractivity contribution in [3.63, 3.8) is 0 Å². The van der Waals surface area contributed by atoms with E-state index in [4.69, 9.17) is 5.73 Å². The Labute approximate surface area is 113 Å². The van der Waals surface area contributed by atoms with Crippen molar-refractivity contribution in [2.75, 3.05) is 6.54 Å². The van der Waals surface area contributed by atoms with Gasteiger partial charge in [0.25, 0.3) is 5.91 Å². The Morgan fingerprint density at radius 3 is 3.21 bits per heavy atom. The maximum Gasteiger partial charge on any atom is 0.252 e. The van der Waals surface area contributed by atoms with Gasteiger partial charge < -0.3 is 11.1 Å². The molecule has 0 saturated carbocycles. The summed E-state index contributed by atoms with van der Waals surface area (Å²) < 4.78 is 0. The van der Waals surface area contributed by atoms with E-state index >= 15 is 0 Å². The highest BCUT2D eigenvalue weighted by Gasteiger charge is 2.15. The summed E-state index contributed by atoms with van der Waals surface area (Å²) in [5.41, 5.74) is 5.85. The van der Waals surface area contributed by atoms with Gasteiger partial charge >= 0.3 is 0 Å². The van der Waals surface area contributed by atoms with E-state index in [9.17, 15) is 4.79 Å². The minimum Gasteiger partial charge on any atom is -0.342 e. The number of carbonyl (C=O) groups excluding carboxylic acids is 1. The second-order valence-electron chi connectivity index (χ2n) is 3.67. The van der Waals surface area contributed by atoms with Gasteiger partial charge in [-0.2, -0.15) is 5.21 Å². The third kappa shape index (κ3) is 3.37. The maximum absolute atomic E-state index is 12.0. The monoisotopic (exact) mass is 276 g/mol. The van der Waals surface area contributed by atoms with Crippen LogP contribution in [0.15, 0.2) is 11.4 Å². The third-order valence-electron chi connectivity index (χ3n) is 2.27. The molecule has 4 N–H and O–H groups in total. The maximum atomic E-state index is 12.0. The molecule has 0 fully saturated rings. The van der Waals surface area contributed by atoms with Crippen molar-refractivity contribution in [2.24, 2.45) is 5.73 Å². The summed E-state index contributed by atoms with van der Waals surface area (Å²) in [6.07, 6.45) is 0. The summed E-state index contributed by atoms with van der Waals surface area (Å²) in [6, 6.07) is 1.41. The number of rotatable bonds is 3. The Kier molecular flexibility index (Phi) is 4.22. The van der Waals surface area contributed by atoms with E-state index < -0.39 is 0 Å². The van der Waals surface area contributed by atoms with E-state index in [1.54, 1.807) is 18.4 Å². The van der Waals surface area contributed by atoms with Crippen LogP contribution in [0.2, 0.25) is 0 Å². The Bertz CT molecular complexity index is 609. The molecule has 19 heavy (non-hydrogen) atoms. The summed E-state index contributed by atoms with van der Waals surface area (Å²) in [4.78, 5) is 12.8. The molecule has 0 saturated heterocycles. The number of hydrogen-bond acceptors (Lipinski definition) is 6. The van der Waals surface area contributed by atoms with Gasteiger partial charge in [-0.3, -0.25) is 4.79 Å². The Morgan fingerprint density at radius 1 is 1.68 bits per heavy atom. The van der Waals surface area contributed by atoms with Crippen LogP contribution >= 0.6 is 11.3 Å². The molecule has 2 rings (SSSR count). The van der Waals surface area contributed by atoms with E-state index in [0.29, 0.717) is 17.9 Å². The number of nitrogens with zero attached hydrogens (tertiary/aromatic N) is 3. The number of thiophene rings is 1. The summed E-state index contributed by atoms with van der Waals surface area (Å²) in [6.45, 7) is 2.08. The molecule has 98 valence electrons. The highest BCUT2D eigenvalue weighted by atomic mass is 32.1. The minimum atomic E-state index is -0.315. The predicted octanol–water partition coefficient (Wildman–Crippen LogP) is 0.0624. The molecule has 7 nitrogen and oxygen atoms in total. The van der Waals surface area contributed by atoms with Gasteiger partial charge in [-0.1, -0.05) is 17.1 Å². The van der Waals surface area contributed by atoms with Crippen LogP contribution in [0.4, 0.5) is 0 Å². The number of carbonyl (C=O) groups is 1. The van der Waals surface area contributed by atoms with E-state index in [1.807, 2.05) is 0 Å². The number of aromatic amines is 1. The highest BCUT2D eigenvalue weighted by molar-refractivity contribution is 7.10. The number of amides is 1. The zero-order valence-electron chi connectivity index (χ0n) is 10.2. The van der Waals surface area contributed by atoms with E-state index in [-0.39, 0.29) is 11.9 Å². The summed E-state index contributed by atoms with van der Waals surface area (Å²) in [5.74, 6) is 5.87. The van der Waals surface area contributed by atoms with Crippen LogP contribution in [0.5, 0.6) is 0 Å². The molecule has 0 aliphatic carbocycles. The molecule has 0 spiro atoms. The van der Waals surface area contributed by atoms with Crippen molar-refractivity contribution >= 4 is 17.2 Å². The Morgan fingerprint density at radius 2 is 2.53 bits per heavy atom. The molecular formula is C11H12N6OS. The predicted molar refractivity (Wildman–Crippen MR) is 70.3 cm³/mol. The first-order chi connectivity index (χ1) is 9.20. The van der Waals surface area contributed by atoms with Gasteiger partial charge in [0.1, 0.15) is 0 Å². The highest BCUT2D eigenvalue weighted by Crippen LogP contribution is 2.14. The van der Waals surface area contributed by atoms with Gasteiger partial charge in [0.15, 0.2) is 5.82 Å². The van der Waals surface area contributed by atoms with Crippen LogP contribution in [0.3, 0.4) is 0 Å². The van der Waals surface area contributed by atoms with Crippen LogP contribution in [0.1, 0.15) is 34.0 Å². The molecule has 8 heteroatoms. The summed E-state index contributed by atoms with van der Waals surface area (Å²) in [5, 5.41) is 17.9. The second kappa shape index (κ2) is 6.08. The average molecular weight is 276 g/mol. The van der Waals surface area contributed by atoms with Crippen molar-refractivity contribution in [2.45, 2.75) is 13.0 Å². The number of nitrogens with one attached hydrogen (secondary N) is 2. The fraction of sp³-hybridized carbons (Fsp3) is 0.273. The number of hydrogen-bond donors (Lipinski definition) is 3. The van der Waals surface area contributed by atoms with Crippen LogP contribution in [-0.2, 0) is 0 Å². The lowest BCUT2D eigenvalue weighted by Crippen LogP contribution is -2.27. The first kappa shape index (κ1) is 13.2. The van der Waals surface area contributed by atoms with Gasteiger partial charge in [-0.15, -0.1) is 21.5 Å². The third-order valence-corrected chi connectivity index (χ3v) is 3.12. The lowest BCUT2D eigenvalue weighted by atomic mass is 10.2. The van der Waals surface area contributed by atoms with Gasteiger partial charge in [0.05, 0.1) is 23.0 Å². The van der Waals surface area contributed by atoms with Crippen LogP contribution in [0.25, 0.3) is 0 Å². The fourth-order valence-corrected chi connectivity index (χ4v) is 2.11. The summed E-state index contributed by atoms with van der Waals surface area (Å²) >= 11 is 1.40. The standard InChI is InChI=1S/C11H12N6OS/c1-7(10-14-16-17-15-10)13-11(18)8-5-9(19-6-8)3-2-4-12/h5-7H,4,12H2,1H3,(H,13,18)(H,14,15,16,17). The lowest BCUT2D eigenvalue weighted by Gasteiger charge is -2.08. The van der Waals surface area contributed by atoms with Crippen LogP contribution in [-0.4, -0.2) is 33.1 Å². The van der Waals surface area contributed by atoms with Gasteiger partial charge in [-0.05, 0) is 13.0 Å². The molecule has 1 amide bonds. The van der Waals surface area contributed by atoms with Gasteiger partial charge in [-0.25, -0.2) is 0 Å². The summed E-state index contributed by atoms with van der Waals surface area (Å²) in [7, 11) is 0. The number of tetrazole rings is 1. The van der Waals surface area contributed by atoms with Crippen molar-refractivity contribution in [1.82, 2.24) is 25.9 Å².